The SMILES string of the molecule is CCCCCCN(CCC(=O)O)C(C)(C)C. The molecule has 3 heteroatoms. The molecule has 3 nitrogen and oxygen atoms in total. The summed E-state index contributed by atoms with van der Waals surface area (Å²) in [6, 6.07) is 0. The predicted octanol–water partition coefficient (Wildman–Crippen LogP) is 3.14. The number of hydrogen-bond donors (Lipinski definition) is 1. The lowest BCUT2D eigenvalue weighted by molar-refractivity contribution is -0.137. The third-order valence-electron chi connectivity index (χ3n) is 2.83. The van der Waals surface area contributed by atoms with E-state index in [1.807, 2.05) is 0 Å². The van der Waals surface area contributed by atoms with Crippen LogP contribution in [0.4, 0.5) is 0 Å². The Hall–Kier alpha value is -0.570. The van der Waals surface area contributed by atoms with Gasteiger partial charge >= 0.3 is 5.97 Å². The maximum atomic E-state index is 10.6. The van der Waals surface area contributed by atoms with Gasteiger partial charge < -0.3 is 5.11 Å². The molecule has 0 spiro atoms. The Labute approximate surface area is 99.8 Å². The van der Waals surface area contributed by atoms with Crippen molar-refractivity contribution in [1.29, 1.82) is 0 Å². The summed E-state index contributed by atoms with van der Waals surface area (Å²) >= 11 is 0. The van der Waals surface area contributed by atoms with Crippen LogP contribution in [0.1, 0.15) is 59.8 Å². The van der Waals surface area contributed by atoms with Gasteiger partial charge in [-0.05, 0) is 33.7 Å². The number of unbranched alkanes of at least 4 members (excludes halogenated alkanes) is 3. The van der Waals surface area contributed by atoms with Crippen LogP contribution >= 0.6 is 0 Å². The highest BCUT2D eigenvalue weighted by atomic mass is 16.4. The van der Waals surface area contributed by atoms with E-state index in [4.69, 9.17) is 5.11 Å². The molecule has 1 N–H and O–H groups in total. The average Bonchev–Trinajstić information content (AvgIpc) is 2.14. The van der Waals surface area contributed by atoms with Crippen molar-refractivity contribution in [1.82, 2.24) is 4.90 Å². The lowest BCUT2D eigenvalue weighted by Gasteiger charge is -2.35. The average molecular weight is 229 g/mol. The zero-order valence-corrected chi connectivity index (χ0v) is 11.3. The highest BCUT2D eigenvalue weighted by molar-refractivity contribution is 5.66. The van der Waals surface area contributed by atoms with E-state index < -0.39 is 5.97 Å². The number of rotatable bonds is 8. The Balaban J connectivity index is 3.97. The first-order valence-corrected chi connectivity index (χ1v) is 6.34. The first-order valence-electron chi connectivity index (χ1n) is 6.34. The summed E-state index contributed by atoms with van der Waals surface area (Å²) in [4.78, 5) is 12.9. The lowest BCUT2D eigenvalue weighted by atomic mass is 10.0. The third kappa shape index (κ3) is 7.69. The minimum atomic E-state index is -0.706. The number of carboxylic acids is 1. The van der Waals surface area contributed by atoms with E-state index in [2.05, 4.69) is 32.6 Å². The molecule has 0 saturated carbocycles. The van der Waals surface area contributed by atoms with Crippen molar-refractivity contribution in [3.05, 3.63) is 0 Å². The third-order valence-corrected chi connectivity index (χ3v) is 2.83. The van der Waals surface area contributed by atoms with Gasteiger partial charge in [-0.2, -0.15) is 0 Å². The zero-order valence-electron chi connectivity index (χ0n) is 11.3. The summed E-state index contributed by atoms with van der Waals surface area (Å²) in [6.45, 7) is 10.3. The van der Waals surface area contributed by atoms with Gasteiger partial charge in [-0.3, -0.25) is 9.69 Å². The molecule has 0 heterocycles. The van der Waals surface area contributed by atoms with Gasteiger partial charge in [0.25, 0.3) is 0 Å². The Morgan fingerprint density at radius 3 is 2.19 bits per heavy atom. The Bertz CT molecular complexity index is 197. The van der Waals surface area contributed by atoms with Crippen LogP contribution in [0.15, 0.2) is 0 Å². The second-order valence-electron chi connectivity index (χ2n) is 5.36. The summed E-state index contributed by atoms with van der Waals surface area (Å²) in [5.74, 6) is -0.706. The van der Waals surface area contributed by atoms with E-state index in [9.17, 15) is 4.79 Å². The summed E-state index contributed by atoms with van der Waals surface area (Å²) in [5, 5.41) is 8.71. The van der Waals surface area contributed by atoms with E-state index in [1.165, 1.54) is 25.7 Å². The fraction of sp³-hybridized carbons (Fsp3) is 0.923. The maximum Gasteiger partial charge on any atom is 0.304 e. The number of carbonyl (C=O) groups is 1. The Kier molecular flexibility index (Phi) is 7.39. The van der Waals surface area contributed by atoms with Gasteiger partial charge in [-0.1, -0.05) is 26.2 Å². The summed E-state index contributed by atoms with van der Waals surface area (Å²) in [7, 11) is 0. The van der Waals surface area contributed by atoms with Crippen molar-refractivity contribution in [3.63, 3.8) is 0 Å². The zero-order chi connectivity index (χ0) is 12.6. The van der Waals surface area contributed by atoms with Gasteiger partial charge in [0.2, 0.25) is 0 Å². The van der Waals surface area contributed by atoms with Crippen molar-refractivity contribution < 1.29 is 9.90 Å². The second-order valence-corrected chi connectivity index (χ2v) is 5.36. The van der Waals surface area contributed by atoms with Gasteiger partial charge in [0.15, 0.2) is 0 Å². The number of carboxylic acid groups (broad SMARTS) is 1. The van der Waals surface area contributed by atoms with Crippen LogP contribution in [0.5, 0.6) is 0 Å². The highest BCUT2D eigenvalue weighted by Crippen LogP contribution is 2.15. The molecule has 0 aromatic carbocycles. The van der Waals surface area contributed by atoms with Gasteiger partial charge in [-0.25, -0.2) is 0 Å². The second kappa shape index (κ2) is 7.66. The van der Waals surface area contributed by atoms with Crippen molar-refractivity contribution in [2.24, 2.45) is 0 Å². The van der Waals surface area contributed by atoms with Crippen molar-refractivity contribution in [2.45, 2.75) is 65.3 Å². The Morgan fingerprint density at radius 1 is 1.12 bits per heavy atom. The fourth-order valence-electron chi connectivity index (χ4n) is 1.74. The van der Waals surface area contributed by atoms with E-state index in [1.54, 1.807) is 0 Å². The molecule has 0 rings (SSSR count). The fourth-order valence-corrected chi connectivity index (χ4v) is 1.74. The molecule has 0 atom stereocenters. The normalized spacial score (nSPS) is 12.1. The van der Waals surface area contributed by atoms with E-state index in [-0.39, 0.29) is 12.0 Å². The van der Waals surface area contributed by atoms with Gasteiger partial charge in [-0.15, -0.1) is 0 Å². The van der Waals surface area contributed by atoms with Crippen LogP contribution < -0.4 is 0 Å². The van der Waals surface area contributed by atoms with Crippen LogP contribution in [0, 0.1) is 0 Å². The summed E-state index contributed by atoms with van der Waals surface area (Å²) < 4.78 is 0. The first-order chi connectivity index (χ1) is 7.38. The largest absolute Gasteiger partial charge is 0.481 e. The molecule has 0 amide bonds. The smallest absolute Gasteiger partial charge is 0.304 e. The van der Waals surface area contributed by atoms with Gasteiger partial charge in [0, 0.05) is 12.1 Å². The van der Waals surface area contributed by atoms with Crippen LogP contribution in [-0.2, 0) is 4.79 Å². The molecule has 0 aromatic heterocycles. The molecule has 0 aliphatic carbocycles. The number of aliphatic carboxylic acids is 1. The number of nitrogens with zero attached hydrogens (tertiary/aromatic N) is 1. The van der Waals surface area contributed by atoms with Gasteiger partial charge in [0.05, 0.1) is 6.42 Å². The maximum absolute atomic E-state index is 10.6. The van der Waals surface area contributed by atoms with Gasteiger partial charge in [0.1, 0.15) is 0 Å². The lowest BCUT2D eigenvalue weighted by Crippen LogP contribution is -2.43. The minimum absolute atomic E-state index is 0.0711. The van der Waals surface area contributed by atoms with Crippen molar-refractivity contribution in [3.8, 4) is 0 Å². The standard InChI is InChI=1S/C13H27NO2/c1-5-6-7-8-10-14(13(2,3)4)11-9-12(15)16/h5-11H2,1-4H3,(H,15,16). The topological polar surface area (TPSA) is 40.5 Å². The highest BCUT2D eigenvalue weighted by Gasteiger charge is 2.20. The van der Waals surface area contributed by atoms with Crippen LogP contribution in [0.25, 0.3) is 0 Å². The van der Waals surface area contributed by atoms with Crippen molar-refractivity contribution >= 4 is 5.97 Å². The van der Waals surface area contributed by atoms with E-state index >= 15 is 0 Å². The molecule has 0 saturated heterocycles. The summed E-state index contributed by atoms with van der Waals surface area (Å²) in [5.41, 5.74) is 0.0711. The van der Waals surface area contributed by atoms with E-state index in [0.29, 0.717) is 6.54 Å². The van der Waals surface area contributed by atoms with Crippen LogP contribution in [-0.4, -0.2) is 34.6 Å². The molecular weight excluding hydrogens is 202 g/mol. The molecule has 0 fully saturated rings. The molecule has 0 aliphatic heterocycles. The molecule has 16 heavy (non-hydrogen) atoms. The predicted molar refractivity (Wildman–Crippen MR) is 67.7 cm³/mol. The molecule has 0 unspecified atom stereocenters. The molecule has 0 aliphatic rings. The van der Waals surface area contributed by atoms with Crippen LogP contribution in [0.2, 0.25) is 0 Å². The molecule has 0 bridgehead atoms. The quantitative estimate of drug-likeness (QED) is 0.650. The molecule has 0 aromatic rings. The molecule has 96 valence electrons. The monoisotopic (exact) mass is 229 g/mol. The molecular formula is C13H27NO2. The minimum Gasteiger partial charge on any atom is -0.481 e. The first kappa shape index (κ1) is 15.4. The van der Waals surface area contributed by atoms with Crippen LogP contribution in [0.3, 0.4) is 0 Å². The molecule has 0 radical (unpaired) electrons. The summed E-state index contributed by atoms with van der Waals surface area (Å²) in [6.07, 6.45) is 5.17. The van der Waals surface area contributed by atoms with Crippen molar-refractivity contribution in [2.75, 3.05) is 13.1 Å². The Morgan fingerprint density at radius 2 is 1.75 bits per heavy atom. The number of hydrogen-bond acceptors (Lipinski definition) is 2. The van der Waals surface area contributed by atoms with E-state index in [0.717, 1.165) is 6.54 Å².